The minimum absolute atomic E-state index is 0.0932. The van der Waals surface area contributed by atoms with Gasteiger partial charge in [-0.2, -0.15) is 8.78 Å². The molecule has 0 aliphatic rings. The van der Waals surface area contributed by atoms with Gasteiger partial charge in [-0.15, -0.1) is 0 Å². The van der Waals surface area contributed by atoms with Crippen LogP contribution >= 0.6 is 0 Å². The van der Waals surface area contributed by atoms with Crippen LogP contribution in [0.5, 0.6) is 5.75 Å². The maximum absolute atomic E-state index is 14.1. The molecule has 0 fully saturated rings. The third-order valence-corrected chi connectivity index (χ3v) is 4.42. The molecule has 0 radical (unpaired) electrons. The van der Waals surface area contributed by atoms with Gasteiger partial charge in [-0.1, -0.05) is 18.2 Å². The van der Waals surface area contributed by atoms with Gasteiger partial charge in [-0.25, -0.2) is 8.78 Å². The van der Waals surface area contributed by atoms with Crippen molar-refractivity contribution < 1.29 is 31.9 Å². The van der Waals surface area contributed by atoms with Crippen LogP contribution in [0.3, 0.4) is 0 Å². The number of aryl methyl sites for hydroxylation is 1. The summed E-state index contributed by atoms with van der Waals surface area (Å²) in [6.45, 7) is 1.63. The Hall–Kier alpha value is -3.88. The van der Waals surface area contributed by atoms with Gasteiger partial charge in [0.25, 0.3) is 11.8 Å². The van der Waals surface area contributed by atoms with Gasteiger partial charge >= 0.3 is 0 Å². The molecule has 31 heavy (non-hydrogen) atoms. The van der Waals surface area contributed by atoms with Crippen LogP contribution in [0.1, 0.15) is 26.3 Å². The summed E-state index contributed by atoms with van der Waals surface area (Å²) in [6, 6.07) is 12.7. The van der Waals surface area contributed by atoms with Crippen LogP contribution in [0, 0.1) is 30.2 Å². The highest BCUT2D eigenvalue weighted by Crippen LogP contribution is 2.30. The van der Waals surface area contributed by atoms with Gasteiger partial charge in [0.05, 0.1) is 7.11 Å². The van der Waals surface area contributed by atoms with E-state index in [1.165, 1.54) is 18.2 Å². The third-order valence-electron chi connectivity index (χ3n) is 4.42. The molecule has 0 aliphatic carbocycles. The molecule has 2 amide bonds. The van der Waals surface area contributed by atoms with Gasteiger partial charge in [-0.05, 0) is 42.8 Å². The van der Waals surface area contributed by atoms with Crippen molar-refractivity contribution >= 4 is 23.2 Å². The summed E-state index contributed by atoms with van der Waals surface area (Å²) < 4.78 is 60.2. The average molecular weight is 432 g/mol. The number of carbonyl (C=O) groups excluding carboxylic acids is 2. The molecule has 3 rings (SSSR count). The van der Waals surface area contributed by atoms with Crippen LogP contribution in [0.2, 0.25) is 0 Å². The Morgan fingerprint density at radius 1 is 0.806 bits per heavy atom. The van der Waals surface area contributed by atoms with Gasteiger partial charge < -0.3 is 15.4 Å². The number of hydrogen-bond donors (Lipinski definition) is 2. The Morgan fingerprint density at radius 3 is 1.97 bits per heavy atom. The molecule has 3 aromatic carbocycles. The molecule has 3 aromatic rings. The van der Waals surface area contributed by atoms with Gasteiger partial charge in [0, 0.05) is 16.9 Å². The lowest BCUT2D eigenvalue weighted by Crippen LogP contribution is -2.19. The number of ether oxygens (including phenoxy) is 1. The second-order valence-corrected chi connectivity index (χ2v) is 6.47. The molecule has 0 atom stereocenters. The van der Waals surface area contributed by atoms with E-state index in [0.717, 1.165) is 7.11 Å². The summed E-state index contributed by atoms with van der Waals surface area (Å²) in [7, 11) is 0.834. The van der Waals surface area contributed by atoms with Gasteiger partial charge in [0.1, 0.15) is 5.56 Å². The first-order valence-electron chi connectivity index (χ1n) is 8.93. The first kappa shape index (κ1) is 21.8. The first-order chi connectivity index (χ1) is 14.7. The Morgan fingerprint density at radius 2 is 1.42 bits per heavy atom. The number of amides is 2. The number of halogens is 4. The SMILES string of the molecule is COc1c(F)c(F)c(C(=O)Nc2ccc(NC(=O)c3ccccc3)c(C)c2)c(F)c1F. The van der Waals surface area contributed by atoms with Crippen molar-refractivity contribution in [3.63, 3.8) is 0 Å². The van der Waals surface area contributed by atoms with Crippen molar-refractivity contribution in [1.82, 2.24) is 0 Å². The highest BCUT2D eigenvalue weighted by atomic mass is 19.2. The van der Waals surface area contributed by atoms with Crippen molar-refractivity contribution in [1.29, 1.82) is 0 Å². The second kappa shape index (κ2) is 8.86. The second-order valence-electron chi connectivity index (χ2n) is 6.47. The Balaban J connectivity index is 1.82. The predicted octanol–water partition coefficient (Wildman–Crippen LogP) is 5.06. The fourth-order valence-corrected chi connectivity index (χ4v) is 2.85. The van der Waals surface area contributed by atoms with Gasteiger partial charge in [0.2, 0.25) is 11.6 Å². The largest absolute Gasteiger partial charge is 0.491 e. The fourth-order valence-electron chi connectivity index (χ4n) is 2.85. The predicted molar refractivity (Wildman–Crippen MR) is 106 cm³/mol. The van der Waals surface area contributed by atoms with E-state index in [-0.39, 0.29) is 11.6 Å². The van der Waals surface area contributed by atoms with Crippen LogP contribution in [-0.2, 0) is 0 Å². The molecule has 0 aliphatic heterocycles. The van der Waals surface area contributed by atoms with E-state index in [2.05, 4.69) is 15.4 Å². The summed E-state index contributed by atoms with van der Waals surface area (Å²) in [5, 5.41) is 4.88. The number of rotatable bonds is 5. The molecule has 5 nitrogen and oxygen atoms in total. The summed E-state index contributed by atoms with van der Waals surface area (Å²) in [4.78, 5) is 24.5. The zero-order valence-corrected chi connectivity index (χ0v) is 16.4. The molecule has 0 bridgehead atoms. The number of nitrogens with one attached hydrogen (secondary N) is 2. The van der Waals surface area contributed by atoms with E-state index in [1.807, 2.05) is 0 Å². The molecule has 9 heteroatoms. The zero-order chi connectivity index (χ0) is 22.7. The monoisotopic (exact) mass is 432 g/mol. The zero-order valence-electron chi connectivity index (χ0n) is 16.4. The normalized spacial score (nSPS) is 10.5. The summed E-state index contributed by atoms with van der Waals surface area (Å²) in [5.41, 5.74) is 0.0696. The molecule has 0 spiro atoms. The first-order valence-corrected chi connectivity index (χ1v) is 8.93. The number of carbonyl (C=O) groups is 2. The van der Waals surface area contributed by atoms with Crippen molar-refractivity contribution in [2.45, 2.75) is 6.92 Å². The summed E-state index contributed by atoms with van der Waals surface area (Å²) in [5.74, 6) is -10.4. The number of anilines is 2. The third kappa shape index (κ3) is 4.35. The molecule has 0 saturated heterocycles. The van der Waals surface area contributed by atoms with E-state index < -0.39 is 40.5 Å². The van der Waals surface area contributed by atoms with E-state index in [0.29, 0.717) is 16.8 Å². The summed E-state index contributed by atoms with van der Waals surface area (Å²) >= 11 is 0. The van der Waals surface area contributed by atoms with Crippen molar-refractivity contribution in [3.8, 4) is 5.75 Å². The van der Waals surface area contributed by atoms with E-state index in [9.17, 15) is 27.2 Å². The summed E-state index contributed by atoms with van der Waals surface area (Å²) in [6.07, 6.45) is 0. The van der Waals surface area contributed by atoms with Crippen LogP contribution in [-0.4, -0.2) is 18.9 Å². The maximum atomic E-state index is 14.1. The number of benzene rings is 3. The fraction of sp³-hybridized carbons (Fsp3) is 0.0909. The van der Waals surface area contributed by atoms with Crippen molar-refractivity contribution in [2.24, 2.45) is 0 Å². The molecule has 0 saturated carbocycles. The molecule has 0 aromatic heterocycles. The van der Waals surface area contributed by atoms with Crippen molar-refractivity contribution in [3.05, 3.63) is 88.5 Å². The lowest BCUT2D eigenvalue weighted by Gasteiger charge is -2.13. The van der Waals surface area contributed by atoms with Crippen LogP contribution in [0.4, 0.5) is 28.9 Å². The molecule has 2 N–H and O–H groups in total. The Labute approximate surface area is 174 Å². The lowest BCUT2D eigenvalue weighted by atomic mass is 10.1. The van der Waals surface area contributed by atoms with Crippen molar-refractivity contribution in [2.75, 3.05) is 17.7 Å². The van der Waals surface area contributed by atoms with E-state index in [4.69, 9.17) is 0 Å². The number of hydrogen-bond acceptors (Lipinski definition) is 3. The molecular formula is C22H16F4N2O3. The van der Waals surface area contributed by atoms with Crippen LogP contribution < -0.4 is 15.4 Å². The highest BCUT2D eigenvalue weighted by molar-refractivity contribution is 6.06. The van der Waals surface area contributed by atoms with Gasteiger partial charge in [0.15, 0.2) is 17.4 Å². The Bertz CT molecular complexity index is 1140. The average Bonchev–Trinajstić information content (AvgIpc) is 2.75. The molecule has 0 heterocycles. The van der Waals surface area contributed by atoms with Crippen LogP contribution in [0.15, 0.2) is 48.5 Å². The smallest absolute Gasteiger partial charge is 0.261 e. The van der Waals surface area contributed by atoms with Crippen LogP contribution in [0.25, 0.3) is 0 Å². The minimum atomic E-state index is -1.88. The molecule has 0 unspecified atom stereocenters. The van der Waals surface area contributed by atoms with E-state index >= 15 is 0 Å². The maximum Gasteiger partial charge on any atom is 0.261 e. The number of methoxy groups -OCH3 is 1. The molecular weight excluding hydrogens is 416 g/mol. The highest BCUT2D eigenvalue weighted by Gasteiger charge is 2.30. The minimum Gasteiger partial charge on any atom is -0.491 e. The topological polar surface area (TPSA) is 67.4 Å². The molecule has 160 valence electrons. The van der Waals surface area contributed by atoms with Gasteiger partial charge in [-0.3, -0.25) is 9.59 Å². The quantitative estimate of drug-likeness (QED) is 0.437. The van der Waals surface area contributed by atoms with E-state index in [1.54, 1.807) is 37.3 Å². The standard InChI is InChI=1S/C22H16F4N2O3/c1-11-10-13(8-9-14(11)28-21(29)12-6-4-3-5-7-12)27-22(30)15-16(23)18(25)20(31-2)19(26)17(15)24/h3-10H,1-2H3,(H,27,30)(H,28,29). The lowest BCUT2D eigenvalue weighted by molar-refractivity contribution is 0.101. The Kier molecular flexibility index (Phi) is 6.24.